The van der Waals surface area contributed by atoms with Crippen molar-refractivity contribution in [3.8, 4) is 6.07 Å². The minimum atomic E-state index is -0.209. The molecular weight excluding hydrogens is 382 g/mol. The number of hydrogen-bond donors (Lipinski definition) is 0. The summed E-state index contributed by atoms with van der Waals surface area (Å²) in [6, 6.07) is 2.17. The second kappa shape index (κ2) is 6.55. The second-order valence-corrected chi connectivity index (χ2v) is 13.4. The van der Waals surface area contributed by atoms with Gasteiger partial charge in [-0.1, -0.05) is 40.7 Å². The zero-order valence-corrected chi connectivity index (χ0v) is 20.1. The van der Waals surface area contributed by atoms with Crippen LogP contribution in [0.2, 0.25) is 0 Å². The number of hydrogen-bond acceptors (Lipinski definition) is 3. The molecule has 3 heteroatoms. The number of fused-ring (bicyclic) bond motifs is 7. The molecule has 0 aromatic rings. The van der Waals surface area contributed by atoms with Gasteiger partial charge in [-0.15, -0.1) is 0 Å². The second-order valence-electron chi connectivity index (χ2n) is 13.4. The lowest BCUT2D eigenvalue weighted by molar-refractivity contribution is -0.181. The number of Topliss-reactive ketones (excluding diaryl/α,β-unsaturated/α-hetero) is 2. The maximum Gasteiger partial charge on any atom is 0.173 e. The first kappa shape index (κ1) is 21.4. The Hall–Kier alpha value is -1.43. The molecule has 3 nitrogen and oxygen atoms in total. The van der Waals surface area contributed by atoms with E-state index in [4.69, 9.17) is 0 Å². The van der Waals surface area contributed by atoms with E-state index in [0.717, 1.165) is 12.8 Å². The first-order valence-electron chi connectivity index (χ1n) is 12.6. The minimum Gasteiger partial charge on any atom is -0.299 e. The van der Waals surface area contributed by atoms with Crippen LogP contribution < -0.4 is 0 Å². The van der Waals surface area contributed by atoms with Gasteiger partial charge in [0.15, 0.2) is 5.78 Å². The van der Waals surface area contributed by atoms with Crippen LogP contribution in [0.15, 0.2) is 11.6 Å². The molecular formula is C28H39NO2. The van der Waals surface area contributed by atoms with Crippen molar-refractivity contribution in [3.63, 3.8) is 0 Å². The van der Waals surface area contributed by atoms with Gasteiger partial charge in [-0.05, 0) is 90.3 Å². The molecule has 0 aromatic carbocycles. The van der Waals surface area contributed by atoms with E-state index >= 15 is 0 Å². The Bertz CT molecular complexity index is 908. The SMILES string of the molecule is CC1(C)CCC2(C)CCC3C(C(=O)CC4C5(C)C=C(C#N)C(=O)CC5CCC34C)C2C1. The molecule has 5 rings (SSSR count). The molecule has 5 aliphatic carbocycles. The zero-order chi connectivity index (χ0) is 22.4. The van der Waals surface area contributed by atoms with Gasteiger partial charge in [0.25, 0.3) is 0 Å². The molecule has 168 valence electrons. The van der Waals surface area contributed by atoms with E-state index in [2.05, 4.69) is 40.7 Å². The Labute approximate surface area is 188 Å². The molecule has 0 radical (unpaired) electrons. The lowest BCUT2D eigenvalue weighted by Crippen LogP contribution is -2.62. The van der Waals surface area contributed by atoms with Crippen molar-refractivity contribution in [1.29, 1.82) is 5.26 Å². The Balaban J connectivity index is 1.55. The fourth-order valence-corrected chi connectivity index (χ4v) is 9.32. The van der Waals surface area contributed by atoms with E-state index in [1.807, 2.05) is 6.08 Å². The molecule has 4 saturated carbocycles. The smallest absolute Gasteiger partial charge is 0.173 e. The van der Waals surface area contributed by atoms with Crippen LogP contribution in [0.3, 0.4) is 0 Å². The highest BCUT2D eigenvalue weighted by Crippen LogP contribution is 2.70. The highest BCUT2D eigenvalue weighted by atomic mass is 16.1. The van der Waals surface area contributed by atoms with Gasteiger partial charge >= 0.3 is 0 Å². The Morgan fingerprint density at radius 2 is 1.68 bits per heavy atom. The van der Waals surface area contributed by atoms with Crippen LogP contribution in [-0.2, 0) is 9.59 Å². The largest absolute Gasteiger partial charge is 0.299 e. The van der Waals surface area contributed by atoms with E-state index in [-0.39, 0.29) is 34.4 Å². The summed E-state index contributed by atoms with van der Waals surface area (Å²) in [6.45, 7) is 12.0. The fourth-order valence-electron chi connectivity index (χ4n) is 9.32. The summed E-state index contributed by atoms with van der Waals surface area (Å²) in [5, 5.41) is 9.57. The van der Waals surface area contributed by atoms with Gasteiger partial charge in [-0.3, -0.25) is 9.59 Å². The van der Waals surface area contributed by atoms with Crippen LogP contribution in [0.5, 0.6) is 0 Å². The van der Waals surface area contributed by atoms with Gasteiger partial charge in [0.05, 0.1) is 5.57 Å². The summed E-state index contributed by atoms with van der Waals surface area (Å²) < 4.78 is 0. The maximum atomic E-state index is 13.9. The number of nitriles is 1. The van der Waals surface area contributed by atoms with Gasteiger partial charge in [-0.2, -0.15) is 5.26 Å². The fraction of sp³-hybridized carbons (Fsp3) is 0.821. The number of carbonyl (C=O) groups excluding carboxylic acids is 2. The Morgan fingerprint density at radius 3 is 2.39 bits per heavy atom. The minimum absolute atomic E-state index is 0.00598. The van der Waals surface area contributed by atoms with Crippen LogP contribution in [0, 0.1) is 62.6 Å². The van der Waals surface area contributed by atoms with E-state index in [1.165, 1.54) is 32.1 Å². The zero-order valence-electron chi connectivity index (χ0n) is 20.1. The predicted octanol–water partition coefficient (Wildman–Crippen LogP) is 6.28. The average molecular weight is 422 g/mol. The summed E-state index contributed by atoms with van der Waals surface area (Å²) >= 11 is 0. The molecule has 4 fully saturated rings. The molecule has 0 heterocycles. The highest BCUT2D eigenvalue weighted by Gasteiger charge is 2.65. The molecule has 0 bridgehead atoms. The molecule has 8 atom stereocenters. The molecule has 0 aromatic heterocycles. The van der Waals surface area contributed by atoms with Crippen molar-refractivity contribution in [2.45, 2.75) is 92.4 Å². The van der Waals surface area contributed by atoms with Crippen molar-refractivity contribution in [2.24, 2.45) is 51.2 Å². The molecule has 0 N–H and O–H groups in total. The summed E-state index contributed by atoms with van der Waals surface area (Å²) in [6.07, 6.45) is 11.4. The van der Waals surface area contributed by atoms with E-state index in [0.29, 0.717) is 46.9 Å². The van der Waals surface area contributed by atoms with Gasteiger partial charge in [-0.25, -0.2) is 0 Å². The van der Waals surface area contributed by atoms with Gasteiger partial charge in [0.2, 0.25) is 0 Å². The van der Waals surface area contributed by atoms with E-state index < -0.39 is 0 Å². The molecule has 0 spiro atoms. The summed E-state index contributed by atoms with van der Waals surface area (Å²) in [5.41, 5.74) is 0.912. The van der Waals surface area contributed by atoms with Crippen LogP contribution >= 0.6 is 0 Å². The first-order valence-corrected chi connectivity index (χ1v) is 12.6. The lowest BCUT2D eigenvalue weighted by Gasteiger charge is -2.66. The molecule has 8 unspecified atom stereocenters. The van der Waals surface area contributed by atoms with Crippen molar-refractivity contribution >= 4 is 11.6 Å². The van der Waals surface area contributed by atoms with Crippen molar-refractivity contribution in [3.05, 3.63) is 11.6 Å². The van der Waals surface area contributed by atoms with Crippen molar-refractivity contribution < 1.29 is 9.59 Å². The number of nitrogens with zero attached hydrogens (tertiary/aromatic N) is 1. The van der Waals surface area contributed by atoms with Crippen molar-refractivity contribution in [2.75, 3.05) is 0 Å². The van der Waals surface area contributed by atoms with Gasteiger partial charge in [0.1, 0.15) is 11.9 Å². The topological polar surface area (TPSA) is 57.9 Å². The van der Waals surface area contributed by atoms with Crippen LogP contribution in [0.4, 0.5) is 0 Å². The first-order chi connectivity index (χ1) is 14.4. The van der Waals surface area contributed by atoms with E-state index in [9.17, 15) is 14.9 Å². The normalized spacial score (nSPS) is 50.8. The number of rotatable bonds is 0. The predicted molar refractivity (Wildman–Crippen MR) is 121 cm³/mol. The maximum absolute atomic E-state index is 13.9. The van der Waals surface area contributed by atoms with Crippen LogP contribution in [0.1, 0.15) is 92.4 Å². The lowest BCUT2D eigenvalue weighted by atomic mass is 9.37. The van der Waals surface area contributed by atoms with Gasteiger partial charge in [0, 0.05) is 18.8 Å². The third-order valence-electron chi connectivity index (χ3n) is 11.3. The highest BCUT2D eigenvalue weighted by molar-refractivity contribution is 6.00. The summed E-state index contributed by atoms with van der Waals surface area (Å²) in [5.74, 6) is 2.22. The molecule has 31 heavy (non-hydrogen) atoms. The average Bonchev–Trinajstić information content (AvgIpc) is 2.70. The summed E-state index contributed by atoms with van der Waals surface area (Å²) in [4.78, 5) is 26.4. The monoisotopic (exact) mass is 421 g/mol. The molecule has 0 aliphatic heterocycles. The third kappa shape index (κ3) is 2.89. The van der Waals surface area contributed by atoms with Crippen LogP contribution in [0.25, 0.3) is 0 Å². The Kier molecular flexibility index (Phi) is 4.53. The van der Waals surface area contributed by atoms with E-state index in [1.54, 1.807) is 0 Å². The van der Waals surface area contributed by atoms with Crippen molar-refractivity contribution in [1.82, 2.24) is 0 Å². The van der Waals surface area contributed by atoms with Crippen LogP contribution in [-0.4, -0.2) is 11.6 Å². The quantitative estimate of drug-likeness (QED) is 0.462. The van der Waals surface area contributed by atoms with Gasteiger partial charge < -0.3 is 0 Å². The number of carbonyl (C=O) groups is 2. The third-order valence-corrected chi connectivity index (χ3v) is 11.3. The standard InChI is InChI=1S/C28H39NO2/c1-25(2)10-11-26(3)8-7-19-24(20(26)15-25)22(31)13-23-27(19,4)9-6-18-12-21(30)17(16-29)14-28(18,23)5/h14,18-20,23-24H,6-13,15H2,1-5H3. The molecule has 0 amide bonds. The summed E-state index contributed by atoms with van der Waals surface area (Å²) in [7, 11) is 0. The number of ketones is 2. The molecule has 5 aliphatic rings. The number of allylic oxidation sites excluding steroid dienone is 2. The molecule has 0 saturated heterocycles. The Morgan fingerprint density at radius 1 is 0.935 bits per heavy atom.